The van der Waals surface area contributed by atoms with Gasteiger partial charge in [-0.15, -0.1) is 13.2 Å². The molecule has 1 unspecified atom stereocenters. The number of nitrogens with one attached hydrogen (secondary N) is 1. The van der Waals surface area contributed by atoms with Crippen LogP contribution in [-0.4, -0.2) is 24.5 Å². The van der Waals surface area contributed by atoms with E-state index < -0.39 is 6.36 Å². The standard InChI is InChI=1S/C19H19F3N2O/c1-23-11-9-18(24-12-10-14-5-2-3-8-17(14)24)15-6-4-7-16(13-15)25-19(20,21)22/h2-8,10,12-13,18,23H,9,11H2,1H3. The number of hydrogen-bond acceptors (Lipinski definition) is 2. The largest absolute Gasteiger partial charge is 0.573 e. The minimum Gasteiger partial charge on any atom is -0.406 e. The average molecular weight is 348 g/mol. The molecule has 0 saturated heterocycles. The number of para-hydroxylation sites is 1. The van der Waals surface area contributed by atoms with E-state index in [2.05, 4.69) is 14.6 Å². The fraction of sp³-hybridized carbons (Fsp3) is 0.263. The van der Waals surface area contributed by atoms with Crippen LogP contribution in [0.3, 0.4) is 0 Å². The van der Waals surface area contributed by atoms with E-state index in [1.54, 1.807) is 6.07 Å². The van der Waals surface area contributed by atoms with Crippen molar-refractivity contribution >= 4 is 10.9 Å². The van der Waals surface area contributed by atoms with Crippen LogP contribution >= 0.6 is 0 Å². The molecule has 25 heavy (non-hydrogen) atoms. The molecule has 0 spiro atoms. The van der Waals surface area contributed by atoms with Crippen LogP contribution in [0.15, 0.2) is 60.8 Å². The fourth-order valence-corrected chi connectivity index (χ4v) is 3.04. The summed E-state index contributed by atoms with van der Waals surface area (Å²) in [5.41, 5.74) is 1.82. The molecule has 132 valence electrons. The number of ether oxygens (including phenoxy) is 1. The Kier molecular flexibility index (Phi) is 4.99. The average Bonchev–Trinajstić information content (AvgIpc) is 2.98. The van der Waals surface area contributed by atoms with Crippen LogP contribution < -0.4 is 10.1 Å². The van der Waals surface area contributed by atoms with E-state index in [4.69, 9.17) is 0 Å². The van der Waals surface area contributed by atoms with Crippen molar-refractivity contribution in [2.45, 2.75) is 18.8 Å². The summed E-state index contributed by atoms with van der Waals surface area (Å²) in [6.07, 6.45) is -1.98. The predicted molar refractivity (Wildman–Crippen MR) is 91.7 cm³/mol. The van der Waals surface area contributed by atoms with Crippen LogP contribution in [0.25, 0.3) is 10.9 Å². The van der Waals surface area contributed by atoms with Gasteiger partial charge in [0.1, 0.15) is 5.75 Å². The van der Waals surface area contributed by atoms with Crippen molar-refractivity contribution < 1.29 is 17.9 Å². The van der Waals surface area contributed by atoms with E-state index in [9.17, 15) is 13.2 Å². The Morgan fingerprint density at radius 2 is 1.88 bits per heavy atom. The number of fused-ring (bicyclic) bond motifs is 1. The summed E-state index contributed by atoms with van der Waals surface area (Å²) in [6.45, 7) is 0.738. The summed E-state index contributed by atoms with van der Waals surface area (Å²) in [7, 11) is 1.86. The summed E-state index contributed by atoms with van der Waals surface area (Å²) in [6, 6.07) is 16.1. The number of nitrogens with zero attached hydrogens (tertiary/aromatic N) is 1. The summed E-state index contributed by atoms with van der Waals surface area (Å²) in [4.78, 5) is 0. The minimum absolute atomic E-state index is 0.0934. The number of benzene rings is 2. The van der Waals surface area contributed by atoms with Gasteiger partial charge in [-0.25, -0.2) is 0 Å². The summed E-state index contributed by atoms with van der Waals surface area (Å²) < 4.78 is 43.7. The molecule has 0 radical (unpaired) electrons. The Morgan fingerprint density at radius 1 is 1.08 bits per heavy atom. The molecular formula is C19H19F3N2O. The molecule has 1 aromatic heterocycles. The Hall–Kier alpha value is -2.47. The zero-order valence-corrected chi connectivity index (χ0v) is 13.8. The second-order valence-electron chi connectivity index (χ2n) is 5.81. The van der Waals surface area contributed by atoms with Crippen LogP contribution in [0.2, 0.25) is 0 Å². The molecule has 0 aliphatic heterocycles. The second-order valence-corrected chi connectivity index (χ2v) is 5.81. The molecule has 6 heteroatoms. The first-order chi connectivity index (χ1) is 12.0. The van der Waals surface area contributed by atoms with Crippen LogP contribution in [0.1, 0.15) is 18.0 Å². The van der Waals surface area contributed by atoms with Crippen molar-refractivity contribution in [3.8, 4) is 5.75 Å². The lowest BCUT2D eigenvalue weighted by atomic mass is 10.0. The maximum atomic E-state index is 12.5. The molecule has 0 bridgehead atoms. The van der Waals surface area contributed by atoms with Crippen LogP contribution in [-0.2, 0) is 0 Å². The summed E-state index contributed by atoms with van der Waals surface area (Å²) in [5.74, 6) is -0.198. The molecule has 0 fully saturated rings. The van der Waals surface area contributed by atoms with Crippen molar-refractivity contribution in [3.05, 3.63) is 66.4 Å². The number of hydrogen-bond donors (Lipinski definition) is 1. The highest BCUT2D eigenvalue weighted by Gasteiger charge is 2.31. The first-order valence-corrected chi connectivity index (χ1v) is 8.04. The van der Waals surface area contributed by atoms with Crippen LogP contribution in [0.5, 0.6) is 5.75 Å². The van der Waals surface area contributed by atoms with Crippen molar-refractivity contribution in [2.75, 3.05) is 13.6 Å². The monoisotopic (exact) mass is 348 g/mol. The van der Waals surface area contributed by atoms with Gasteiger partial charge in [0.25, 0.3) is 0 Å². The van der Waals surface area contributed by atoms with E-state index >= 15 is 0 Å². The molecule has 3 rings (SSSR count). The molecule has 0 aliphatic rings. The van der Waals surface area contributed by atoms with Crippen LogP contribution in [0.4, 0.5) is 13.2 Å². The van der Waals surface area contributed by atoms with E-state index in [0.717, 1.165) is 29.4 Å². The first kappa shape index (κ1) is 17.4. The molecule has 2 aromatic carbocycles. The highest BCUT2D eigenvalue weighted by molar-refractivity contribution is 5.80. The van der Waals surface area contributed by atoms with Crippen molar-refractivity contribution in [3.63, 3.8) is 0 Å². The molecule has 0 aliphatic carbocycles. The third kappa shape index (κ3) is 4.14. The number of halogens is 3. The maximum Gasteiger partial charge on any atom is 0.573 e. The highest BCUT2D eigenvalue weighted by atomic mass is 19.4. The Labute approximate surface area is 144 Å². The normalized spacial score (nSPS) is 13.1. The smallest absolute Gasteiger partial charge is 0.406 e. The van der Waals surface area contributed by atoms with Gasteiger partial charge in [0.2, 0.25) is 0 Å². The summed E-state index contributed by atoms with van der Waals surface area (Å²) >= 11 is 0. The van der Waals surface area contributed by atoms with Gasteiger partial charge in [-0.1, -0.05) is 30.3 Å². The number of aromatic nitrogens is 1. The first-order valence-electron chi connectivity index (χ1n) is 8.04. The van der Waals surface area contributed by atoms with Gasteiger partial charge in [0, 0.05) is 11.7 Å². The second kappa shape index (κ2) is 7.19. The molecule has 1 atom stereocenters. The Morgan fingerprint density at radius 3 is 2.64 bits per heavy atom. The van der Waals surface area contributed by atoms with Crippen LogP contribution in [0, 0.1) is 0 Å². The predicted octanol–water partition coefficient (Wildman–Crippen LogP) is 4.74. The zero-order valence-electron chi connectivity index (χ0n) is 13.8. The van der Waals surface area contributed by atoms with Gasteiger partial charge in [-0.3, -0.25) is 0 Å². The fourth-order valence-electron chi connectivity index (χ4n) is 3.04. The molecule has 1 heterocycles. The number of alkyl halides is 3. The third-order valence-electron chi connectivity index (χ3n) is 4.11. The van der Waals surface area contributed by atoms with Gasteiger partial charge in [-0.2, -0.15) is 0 Å². The van der Waals surface area contributed by atoms with E-state index in [-0.39, 0.29) is 11.8 Å². The zero-order chi connectivity index (χ0) is 17.9. The molecule has 0 amide bonds. The lowest BCUT2D eigenvalue weighted by molar-refractivity contribution is -0.274. The Balaban J connectivity index is 2.00. The van der Waals surface area contributed by atoms with Crippen molar-refractivity contribution in [1.82, 2.24) is 9.88 Å². The Bertz CT molecular complexity index is 842. The van der Waals surface area contributed by atoms with Gasteiger partial charge in [0.15, 0.2) is 0 Å². The minimum atomic E-state index is -4.70. The lowest BCUT2D eigenvalue weighted by Gasteiger charge is -2.22. The molecule has 0 saturated carbocycles. The maximum absolute atomic E-state index is 12.5. The van der Waals surface area contributed by atoms with Crippen molar-refractivity contribution in [2.24, 2.45) is 0 Å². The van der Waals surface area contributed by atoms with Gasteiger partial charge >= 0.3 is 6.36 Å². The quantitative estimate of drug-likeness (QED) is 0.696. The van der Waals surface area contributed by atoms with Gasteiger partial charge in [-0.05, 0) is 55.2 Å². The number of rotatable bonds is 6. The van der Waals surface area contributed by atoms with E-state index in [0.29, 0.717) is 0 Å². The SMILES string of the molecule is CNCCC(c1cccc(OC(F)(F)F)c1)n1ccc2ccccc21. The third-order valence-corrected chi connectivity index (χ3v) is 4.11. The van der Waals surface area contributed by atoms with Gasteiger partial charge in [0.05, 0.1) is 6.04 Å². The topological polar surface area (TPSA) is 26.2 Å². The summed E-state index contributed by atoms with van der Waals surface area (Å²) in [5, 5.41) is 4.20. The van der Waals surface area contributed by atoms with E-state index in [1.165, 1.54) is 12.1 Å². The molecule has 3 aromatic rings. The van der Waals surface area contributed by atoms with E-state index in [1.807, 2.05) is 49.6 Å². The van der Waals surface area contributed by atoms with Crippen molar-refractivity contribution in [1.29, 1.82) is 0 Å². The van der Waals surface area contributed by atoms with Gasteiger partial charge < -0.3 is 14.6 Å². The molecule has 3 nitrogen and oxygen atoms in total. The highest BCUT2D eigenvalue weighted by Crippen LogP contribution is 2.31. The molecule has 1 N–H and O–H groups in total. The molecular weight excluding hydrogens is 329 g/mol. The lowest BCUT2D eigenvalue weighted by Crippen LogP contribution is -2.19.